The molecule has 110 valence electrons. The Morgan fingerprint density at radius 1 is 1.25 bits per heavy atom. The number of aryl methyl sites for hydroxylation is 2. The molecule has 1 saturated carbocycles. The van der Waals surface area contributed by atoms with E-state index in [9.17, 15) is 0 Å². The van der Waals surface area contributed by atoms with Crippen LogP contribution in [0.5, 0.6) is 0 Å². The summed E-state index contributed by atoms with van der Waals surface area (Å²) in [6.45, 7) is 5.42. The average molecular weight is 295 g/mol. The summed E-state index contributed by atoms with van der Waals surface area (Å²) in [5, 5.41) is 4.49. The molecule has 0 spiro atoms. The van der Waals surface area contributed by atoms with Gasteiger partial charge in [-0.3, -0.25) is 4.68 Å². The predicted molar refractivity (Wildman–Crippen MR) is 82.0 cm³/mol. The molecule has 0 bridgehead atoms. The largest absolute Gasteiger partial charge is 0.311 e. The first-order valence-corrected chi connectivity index (χ1v) is 8.02. The monoisotopic (exact) mass is 294 g/mol. The molecule has 0 atom stereocenters. The third kappa shape index (κ3) is 2.24. The summed E-state index contributed by atoms with van der Waals surface area (Å²) in [6, 6.07) is 0. The van der Waals surface area contributed by atoms with Crippen LogP contribution < -0.4 is 0 Å². The van der Waals surface area contributed by atoms with Gasteiger partial charge in [0.2, 0.25) is 0 Å². The number of hydrogen-bond donors (Lipinski definition) is 0. The Balaban J connectivity index is 2.05. The van der Waals surface area contributed by atoms with Crippen LogP contribution in [0.25, 0.3) is 11.2 Å². The molecule has 0 amide bonds. The minimum Gasteiger partial charge on any atom is -0.311 e. The molecule has 0 unspecified atom stereocenters. The maximum absolute atomic E-state index is 6.12. The van der Waals surface area contributed by atoms with Crippen molar-refractivity contribution in [3.05, 3.63) is 11.5 Å². The first-order chi connectivity index (χ1) is 9.54. The molecule has 0 aromatic carbocycles. The van der Waals surface area contributed by atoms with E-state index in [4.69, 9.17) is 16.6 Å². The van der Waals surface area contributed by atoms with Crippen LogP contribution in [0.3, 0.4) is 0 Å². The zero-order valence-corrected chi connectivity index (χ0v) is 13.4. The zero-order valence-electron chi connectivity index (χ0n) is 12.6. The van der Waals surface area contributed by atoms with Crippen LogP contribution in [0.4, 0.5) is 0 Å². The highest BCUT2D eigenvalue weighted by Gasteiger charge is 2.29. The summed E-state index contributed by atoms with van der Waals surface area (Å²) in [7, 11) is 1.99. The van der Waals surface area contributed by atoms with Crippen molar-refractivity contribution in [1.29, 1.82) is 0 Å². The first-order valence-electron chi connectivity index (χ1n) is 7.49. The van der Waals surface area contributed by atoms with Gasteiger partial charge in [0.25, 0.3) is 0 Å². The van der Waals surface area contributed by atoms with E-state index in [1.807, 2.05) is 18.7 Å². The fraction of sp³-hybridized carbons (Fsp3) is 0.733. The number of halogens is 1. The summed E-state index contributed by atoms with van der Waals surface area (Å²) in [5.74, 6) is 1.44. The first kappa shape index (κ1) is 13.9. The number of hydrogen-bond acceptors (Lipinski definition) is 2. The lowest BCUT2D eigenvalue weighted by Gasteiger charge is -2.34. The Kier molecular flexibility index (Phi) is 3.53. The van der Waals surface area contributed by atoms with E-state index in [0.29, 0.717) is 11.3 Å². The molecule has 0 aliphatic heterocycles. The Hall–Kier alpha value is -1.03. The standard InChI is InChI=1S/C15H23ClN4/c1-11-13-14(19(3)18-11)20(12(9-16)17-13)10-15(2)7-5-4-6-8-15/h4-10H2,1-3H3. The fourth-order valence-corrected chi connectivity index (χ4v) is 3.80. The third-order valence-electron chi connectivity index (χ3n) is 4.69. The summed E-state index contributed by atoms with van der Waals surface area (Å²) < 4.78 is 4.24. The minimum absolute atomic E-state index is 0.366. The van der Waals surface area contributed by atoms with E-state index in [2.05, 4.69) is 16.6 Å². The average Bonchev–Trinajstić information content (AvgIpc) is 2.90. The molecule has 1 fully saturated rings. The smallest absolute Gasteiger partial charge is 0.158 e. The van der Waals surface area contributed by atoms with Crippen molar-refractivity contribution in [1.82, 2.24) is 19.3 Å². The van der Waals surface area contributed by atoms with Crippen LogP contribution in [0.2, 0.25) is 0 Å². The molecule has 0 N–H and O–H groups in total. The molecule has 0 saturated heterocycles. The van der Waals surface area contributed by atoms with Crippen molar-refractivity contribution >= 4 is 22.8 Å². The lowest BCUT2D eigenvalue weighted by atomic mass is 9.75. The van der Waals surface area contributed by atoms with Crippen LogP contribution in [0.15, 0.2) is 0 Å². The van der Waals surface area contributed by atoms with Crippen LogP contribution in [0, 0.1) is 12.3 Å². The van der Waals surface area contributed by atoms with Gasteiger partial charge in [0.15, 0.2) is 5.65 Å². The molecule has 4 nitrogen and oxygen atoms in total. The van der Waals surface area contributed by atoms with E-state index >= 15 is 0 Å². The van der Waals surface area contributed by atoms with Gasteiger partial charge in [-0.15, -0.1) is 11.6 Å². The number of nitrogens with zero attached hydrogens (tertiary/aromatic N) is 4. The van der Waals surface area contributed by atoms with Crippen LogP contribution in [0.1, 0.15) is 50.5 Å². The molecular formula is C15H23ClN4. The Labute approximate surface area is 125 Å². The van der Waals surface area contributed by atoms with Crippen LogP contribution in [-0.2, 0) is 19.5 Å². The second-order valence-corrected chi connectivity index (χ2v) is 6.77. The molecule has 2 heterocycles. The fourth-order valence-electron chi connectivity index (χ4n) is 3.59. The van der Waals surface area contributed by atoms with Gasteiger partial charge in [-0.05, 0) is 25.2 Å². The summed E-state index contributed by atoms with van der Waals surface area (Å²) in [6.07, 6.45) is 6.66. The molecule has 2 aromatic heterocycles. The minimum atomic E-state index is 0.366. The highest BCUT2D eigenvalue weighted by atomic mass is 35.5. The second kappa shape index (κ2) is 5.06. The maximum Gasteiger partial charge on any atom is 0.158 e. The third-order valence-corrected chi connectivity index (χ3v) is 4.93. The van der Waals surface area contributed by atoms with Crippen molar-refractivity contribution in [2.75, 3.05) is 0 Å². The Bertz CT molecular complexity index is 619. The number of rotatable bonds is 3. The van der Waals surface area contributed by atoms with Crippen molar-refractivity contribution in [3.63, 3.8) is 0 Å². The van der Waals surface area contributed by atoms with Crippen molar-refractivity contribution in [2.45, 2.75) is 58.4 Å². The van der Waals surface area contributed by atoms with Gasteiger partial charge in [0, 0.05) is 13.6 Å². The molecule has 0 radical (unpaired) electrons. The summed E-state index contributed by atoms with van der Waals surface area (Å²) >= 11 is 6.12. The Morgan fingerprint density at radius 3 is 2.60 bits per heavy atom. The van der Waals surface area contributed by atoms with Gasteiger partial charge < -0.3 is 4.57 Å². The maximum atomic E-state index is 6.12. The lowest BCUT2D eigenvalue weighted by molar-refractivity contribution is 0.183. The highest BCUT2D eigenvalue weighted by molar-refractivity contribution is 6.16. The van der Waals surface area contributed by atoms with Gasteiger partial charge in [-0.25, -0.2) is 4.98 Å². The van der Waals surface area contributed by atoms with Crippen molar-refractivity contribution < 1.29 is 0 Å². The number of fused-ring (bicyclic) bond motifs is 1. The zero-order chi connectivity index (χ0) is 14.3. The van der Waals surface area contributed by atoms with Gasteiger partial charge in [-0.1, -0.05) is 26.2 Å². The second-order valence-electron chi connectivity index (χ2n) is 6.50. The molecule has 1 aliphatic rings. The molecule has 20 heavy (non-hydrogen) atoms. The topological polar surface area (TPSA) is 35.6 Å². The van der Waals surface area contributed by atoms with Gasteiger partial charge in [0.1, 0.15) is 11.3 Å². The van der Waals surface area contributed by atoms with Crippen LogP contribution >= 0.6 is 11.6 Å². The summed E-state index contributed by atoms with van der Waals surface area (Å²) in [4.78, 5) is 4.70. The molecular weight excluding hydrogens is 272 g/mol. The van der Waals surface area contributed by atoms with E-state index in [1.165, 1.54) is 32.1 Å². The molecule has 3 rings (SSSR count). The van der Waals surface area contributed by atoms with Crippen molar-refractivity contribution in [2.24, 2.45) is 12.5 Å². The molecule has 1 aliphatic carbocycles. The normalized spacial score (nSPS) is 18.8. The number of aromatic nitrogens is 4. The van der Waals surface area contributed by atoms with Crippen LogP contribution in [-0.4, -0.2) is 19.3 Å². The van der Waals surface area contributed by atoms with Gasteiger partial charge >= 0.3 is 0 Å². The number of imidazole rings is 1. The predicted octanol–water partition coefficient (Wildman–Crippen LogP) is 3.79. The quantitative estimate of drug-likeness (QED) is 0.808. The van der Waals surface area contributed by atoms with E-state index in [0.717, 1.165) is 29.2 Å². The lowest BCUT2D eigenvalue weighted by Crippen LogP contribution is -2.27. The SMILES string of the molecule is Cc1nn(C)c2c1nc(CCl)n2CC1(C)CCCCC1. The molecule has 5 heteroatoms. The van der Waals surface area contributed by atoms with E-state index in [1.54, 1.807) is 0 Å². The van der Waals surface area contributed by atoms with E-state index in [-0.39, 0.29) is 0 Å². The van der Waals surface area contributed by atoms with Gasteiger partial charge in [-0.2, -0.15) is 5.10 Å². The highest BCUT2D eigenvalue weighted by Crippen LogP contribution is 2.38. The van der Waals surface area contributed by atoms with E-state index < -0.39 is 0 Å². The Morgan fingerprint density at radius 2 is 1.95 bits per heavy atom. The summed E-state index contributed by atoms with van der Waals surface area (Å²) in [5.41, 5.74) is 3.47. The van der Waals surface area contributed by atoms with Crippen molar-refractivity contribution in [3.8, 4) is 0 Å². The molecule has 2 aromatic rings. The van der Waals surface area contributed by atoms with Gasteiger partial charge in [0.05, 0.1) is 11.6 Å². The number of alkyl halides is 1.